The van der Waals surface area contributed by atoms with Crippen molar-refractivity contribution in [2.75, 3.05) is 30.9 Å². The standard InChI is InChI=1S/C19H19N5O4S/c1-23(15-8-4-3-7-14(15)19(25)28-2)18-16(24(26)27)17(21-12-22-18)20-10-9-13-6-5-11-29-13/h3-8,11-12H,9-10H2,1-2H3,(H,20,21,22). The summed E-state index contributed by atoms with van der Waals surface area (Å²) in [5, 5.41) is 16.8. The molecule has 0 fully saturated rings. The number of hydrogen-bond acceptors (Lipinski definition) is 9. The second kappa shape index (κ2) is 9.11. The van der Waals surface area contributed by atoms with Crippen LogP contribution < -0.4 is 10.2 Å². The van der Waals surface area contributed by atoms with Crippen molar-refractivity contribution in [3.63, 3.8) is 0 Å². The minimum Gasteiger partial charge on any atom is -0.465 e. The van der Waals surface area contributed by atoms with Crippen molar-refractivity contribution in [2.45, 2.75) is 6.42 Å². The van der Waals surface area contributed by atoms with Gasteiger partial charge in [-0.05, 0) is 30.0 Å². The maximum atomic E-state index is 12.1. The van der Waals surface area contributed by atoms with Crippen molar-refractivity contribution in [3.8, 4) is 0 Å². The molecular formula is C19H19N5O4S. The lowest BCUT2D eigenvalue weighted by Crippen LogP contribution is -2.19. The Labute approximate surface area is 171 Å². The summed E-state index contributed by atoms with van der Waals surface area (Å²) >= 11 is 1.62. The molecule has 0 aliphatic heterocycles. The van der Waals surface area contributed by atoms with Crippen LogP contribution in [0.15, 0.2) is 48.1 Å². The Bertz CT molecular complexity index is 1010. The molecule has 2 heterocycles. The smallest absolute Gasteiger partial charge is 0.353 e. The Morgan fingerprint density at radius 1 is 1.28 bits per heavy atom. The number of nitrogens with zero attached hydrogens (tertiary/aromatic N) is 4. The van der Waals surface area contributed by atoms with Gasteiger partial charge < -0.3 is 15.0 Å². The van der Waals surface area contributed by atoms with Gasteiger partial charge in [0, 0.05) is 18.5 Å². The number of nitrogens with one attached hydrogen (secondary N) is 1. The predicted octanol–water partition coefficient (Wildman–Crippen LogP) is 3.66. The molecule has 0 spiro atoms. The van der Waals surface area contributed by atoms with Gasteiger partial charge in [0.15, 0.2) is 0 Å². The molecule has 0 aliphatic rings. The van der Waals surface area contributed by atoms with Gasteiger partial charge in [0.2, 0.25) is 11.6 Å². The number of benzene rings is 1. The molecule has 9 nitrogen and oxygen atoms in total. The van der Waals surface area contributed by atoms with Crippen LogP contribution in [0.25, 0.3) is 0 Å². The van der Waals surface area contributed by atoms with Crippen LogP contribution in [-0.4, -0.2) is 41.6 Å². The van der Waals surface area contributed by atoms with Crippen LogP contribution in [0.2, 0.25) is 0 Å². The number of ether oxygens (including phenoxy) is 1. The molecule has 1 N–H and O–H groups in total. The van der Waals surface area contributed by atoms with Gasteiger partial charge in [-0.15, -0.1) is 11.3 Å². The fraction of sp³-hybridized carbons (Fsp3) is 0.211. The number of para-hydroxylation sites is 1. The van der Waals surface area contributed by atoms with E-state index in [1.807, 2.05) is 17.5 Å². The van der Waals surface area contributed by atoms with E-state index in [4.69, 9.17) is 4.74 Å². The van der Waals surface area contributed by atoms with E-state index >= 15 is 0 Å². The van der Waals surface area contributed by atoms with E-state index in [9.17, 15) is 14.9 Å². The maximum absolute atomic E-state index is 12.1. The Morgan fingerprint density at radius 3 is 2.76 bits per heavy atom. The van der Waals surface area contributed by atoms with Gasteiger partial charge in [-0.25, -0.2) is 14.8 Å². The number of aromatic nitrogens is 2. The number of anilines is 3. The van der Waals surface area contributed by atoms with Gasteiger partial charge in [-0.2, -0.15) is 0 Å². The first kappa shape index (κ1) is 20.2. The summed E-state index contributed by atoms with van der Waals surface area (Å²) in [6.07, 6.45) is 1.97. The van der Waals surface area contributed by atoms with Crippen LogP contribution in [0.4, 0.5) is 23.0 Å². The number of hydrogen-bond donors (Lipinski definition) is 1. The number of carbonyl (C=O) groups is 1. The highest BCUT2D eigenvalue weighted by Crippen LogP contribution is 2.36. The minimum absolute atomic E-state index is 0.0694. The van der Waals surface area contributed by atoms with E-state index in [2.05, 4.69) is 15.3 Å². The summed E-state index contributed by atoms with van der Waals surface area (Å²) in [5.41, 5.74) is 0.448. The minimum atomic E-state index is -0.543. The molecule has 0 unspecified atom stereocenters. The first-order valence-electron chi connectivity index (χ1n) is 8.69. The van der Waals surface area contributed by atoms with E-state index in [0.29, 0.717) is 12.2 Å². The van der Waals surface area contributed by atoms with Crippen LogP contribution in [0.1, 0.15) is 15.2 Å². The summed E-state index contributed by atoms with van der Waals surface area (Å²) in [6.45, 7) is 0.486. The molecule has 1 aromatic carbocycles. The van der Waals surface area contributed by atoms with E-state index in [1.165, 1.54) is 23.2 Å². The average Bonchev–Trinajstić information content (AvgIpc) is 3.25. The number of methoxy groups -OCH3 is 1. The Kier molecular flexibility index (Phi) is 6.35. The Hall–Kier alpha value is -3.53. The van der Waals surface area contributed by atoms with Gasteiger partial charge in [0.05, 0.1) is 23.3 Å². The third kappa shape index (κ3) is 4.49. The summed E-state index contributed by atoms with van der Waals surface area (Å²) in [4.78, 5) is 34.2. The van der Waals surface area contributed by atoms with E-state index in [-0.39, 0.29) is 22.9 Å². The van der Waals surface area contributed by atoms with Gasteiger partial charge in [-0.1, -0.05) is 18.2 Å². The molecule has 2 aromatic heterocycles. The summed E-state index contributed by atoms with van der Waals surface area (Å²) < 4.78 is 4.81. The van der Waals surface area contributed by atoms with Gasteiger partial charge >= 0.3 is 11.7 Å². The summed E-state index contributed by atoms with van der Waals surface area (Å²) in [6, 6.07) is 10.6. The molecule has 0 amide bonds. The van der Waals surface area contributed by atoms with Crippen LogP contribution in [-0.2, 0) is 11.2 Å². The summed E-state index contributed by atoms with van der Waals surface area (Å²) in [5.74, 6) is -0.350. The van der Waals surface area contributed by atoms with Crippen molar-refractivity contribution in [3.05, 3.63) is 68.7 Å². The molecule has 3 aromatic rings. The van der Waals surface area contributed by atoms with Crippen LogP contribution >= 0.6 is 11.3 Å². The number of rotatable bonds is 8. The lowest BCUT2D eigenvalue weighted by molar-refractivity contribution is -0.383. The molecule has 29 heavy (non-hydrogen) atoms. The first-order valence-corrected chi connectivity index (χ1v) is 9.57. The largest absolute Gasteiger partial charge is 0.465 e. The zero-order chi connectivity index (χ0) is 20.8. The van der Waals surface area contributed by atoms with Gasteiger partial charge in [-0.3, -0.25) is 10.1 Å². The molecule has 0 radical (unpaired) electrons. The molecule has 0 atom stereocenters. The third-order valence-corrected chi connectivity index (χ3v) is 5.15. The van der Waals surface area contributed by atoms with Crippen molar-refractivity contribution < 1.29 is 14.5 Å². The van der Waals surface area contributed by atoms with E-state index < -0.39 is 10.9 Å². The number of nitro groups is 1. The second-order valence-corrected chi connectivity index (χ2v) is 7.01. The summed E-state index contributed by atoms with van der Waals surface area (Å²) in [7, 11) is 2.88. The molecule has 0 saturated heterocycles. The van der Waals surface area contributed by atoms with Crippen molar-refractivity contribution in [1.29, 1.82) is 0 Å². The molecule has 3 rings (SSSR count). The van der Waals surface area contributed by atoms with Gasteiger partial charge in [0.25, 0.3) is 0 Å². The fourth-order valence-corrected chi connectivity index (χ4v) is 3.54. The zero-order valence-electron chi connectivity index (χ0n) is 15.9. The van der Waals surface area contributed by atoms with Crippen molar-refractivity contribution in [1.82, 2.24) is 9.97 Å². The molecular weight excluding hydrogens is 394 g/mol. The van der Waals surface area contributed by atoms with E-state index in [0.717, 1.165) is 6.42 Å². The van der Waals surface area contributed by atoms with E-state index in [1.54, 1.807) is 42.6 Å². The average molecular weight is 413 g/mol. The highest BCUT2D eigenvalue weighted by atomic mass is 32.1. The molecule has 10 heteroatoms. The Balaban J connectivity index is 1.93. The van der Waals surface area contributed by atoms with Crippen molar-refractivity contribution in [2.24, 2.45) is 0 Å². The number of esters is 1. The van der Waals surface area contributed by atoms with Gasteiger partial charge in [0.1, 0.15) is 6.33 Å². The normalized spacial score (nSPS) is 10.4. The van der Waals surface area contributed by atoms with Crippen LogP contribution in [0, 0.1) is 10.1 Å². The topological polar surface area (TPSA) is 110 Å². The first-order chi connectivity index (χ1) is 14.0. The SMILES string of the molecule is COC(=O)c1ccccc1N(C)c1ncnc(NCCc2cccs2)c1[N+](=O)[O-]. The zero-order valence-corrected chi connectivity index (χ0v) is 16.7. The Morgan fingerprint density at radius 2 is 2.07 bits per heavy atom. The fourth-order valence-electron chi connectivity index (χ4n) is 2.83. The monoisotopic (exact) mass is 413 g/mol. The van der Waals surface area contributed by atoms with Crippen LogP contribution in [0.3, 0.4) is 0 Å². The van der Waals surface area contributed by atoms with Crippen molar-refractivity contribution >= 4 is 40.3 Å². The highest BCUT2D eigenvalue weighted by Gasteiger charge is 2.28. The second-order valence-electron chi connectivity index (χ2n) is 5.98. The third-order valence-electron chi connectivity index (χ3n) is 4.22. The molecule has 150 valence electrons. The van der Waals surface area contributed by atoms with Crippen LogP contribution in [0.5, 0.6) is 0 Å². The highest BCUT2D eigenvalue weighted by molar-refractivity contribution is 7.09. The molecule has 0 bridgehead atoms. The quantitative estimate of drug-likeness (QED) is 0.338. The predicted molar refractivity (Wildman–Crippen MR) is 111 cm³/mol. The lowest BCUT2D eigenvalue weighted by Gasteiger charge is -2.21. The number of thiophene rings is 1. The molecule has 0 aliphatic carbocycles. The maximum Gasteiger partial charge on any atom is 0.353 e. The number of carbonyl (C=O) groups excluding carboxylic acids is 1. The molecule has 0 saturated carbocycles. The lowest BCUT2D eigenvalue weighted by atomic mass is 10.1.